The molecule has 3 N–H and O–H groups in total. The van der Waals surface area contributed by atoms with Gasteiger partial charge in [-0.3, -0.25) is 14.7 Å². The molecule has 1 atom stereocenters. The summed E-state index contributed by atoms with van der Waals surface area (Å²) in [6, 6.07) is 5.88. The highest BCUT2D eigenvalue weighted by molar-refractivity contribution is 6.31. The van der Waals surface area contributed by atoms with E-state index < -0.39 is 0 Å². The minimum atomic E-state index is -0.0583. The zero-order valence-corrected chi connectivity index (χ0v) is 19.4. The van der Waals surface area contributed by atoms with Crippen LogP contribution in [0.5, 0.6) is 0 Å². The molecule has 1 fully saturated rings. The minimum absolute atomic E-state index is 0.0583. The highest BCUT2D eigenvalue weighted by atomic mass is 35.5. The number of nitrogens with zero attached hydrogens (tertiary/aromatic N) is 2. The van der Waals surface area contributed by atoms with Crippen molar-refractivity contribution in [2.45, 2.75) is 40.2 Å². The van der Waals surface area contributed by atoms with Crippen LogP contribution in [-0.4, -0.2) is 68.7 Å². The van der Waals surface area contributed by atoms with Crippen molar-refractivity contribution in [3.05, 3.63) is 28.8 Å². The molecule has 1 aromatic carbocycles. The van der Waals surface area contributed by atoms with Gasteiger partial charge in [0.15, 0.2) is 5.96 Å². The molecular weight excluding hydrogens is 402 g/mol. The zero-order chi connectivity index (χ0) is 21.9. The molecule has 1 aliphatic rings. The molecule has 30 heavy (non-hydrogen) atoms. The number of guanidine groups is 1. The van der Waals surface area contributed by atoms with E-state index in [2.05, 4.69) is 34.7 Å². The summed E-state index contributed by atoms with van der Waals surface area (Å²) in [6.45, 7) is 13.8. The SMILES string of the molecule is CCNC(=NCC(C(C)C)N1CCOCC1)NCCC(=O)Nc1cccc(Cl)c1C. The summed E-state index contributed by atoms with van der Waals surface area (Å²) < 4.78 is 5.48. The van der Waals surface area contributed by atoms with Crippen LogP contribution in [0, 0.1) is 12.8 Å². The second-order valence-corrected chi connectivity index (χ2v) is 8.22. The van der Waals surface area contributed by atoms with Crippen molar-refractivity contribution in [3.8, 4) is 0 Å². The molecule has 1 unspecified atom stereocenters. The third-order valence-electron chi connectivity index (χ3n) is 5.25. The molecule has 1 aromatic rings. The fourth-order valence-corrected chi connectivity index (χ4v) is 3.61. The first kappa shape index (κ1) is 24.4. The third kappa shape index (κ3) is 7.78. The number of morpholine rings is 1. The molecule has 0 aromatic heterocycles. The van der Waals surface area contributed by atoms with E-state index in [1.807, 2.05) is 32.0 Å². The maximum Gasteiger partial charge on any atom is 0.226 e. The Hall–Kier alpha value is -1.83. The smallest absolute Gasteiger partial charge is 0.226 e. The summed E-state index contributed by atoms with van der Waals surface area (Å²) >= 11 is 6.12. The van der Waals surface area contributed by atoms with Gasteiger partial charge < -0.3 is 20.7 Å². The van der Waals surface area contributed by atoms with Crippen molar-refractivity contribution < 1.29 is 9.53 Å². The number of carbonyl (C=O) groups is 1. The molecule has 0 bridgehead atoms. The normalized spacial score (nSPS) is 16.4. The van der Waals surface area contributed by atoms with Gasteiger partial charge in [-0.1, -0.05) is 31.5 Å². The second-order valence-electron chi connectivity index (χ2n) is 7.82. The van der Waals surface area contributed by atoms with Crippen molar-refractivity contribution in [2.75, 3.05) is 51.3 Å². The average molecular weight is 438 g/mol. The Morgan fingerprint density at radius 2 is 2.00 bits per heavy atom. The summed E-state index contributed by atoms with van der Waals surface area (Å²) in [5.74, 6) is 1.18. The summed E-state index contributed by atoms with van der Waals surface area (Å²) in [5.41, 5.74) is 1.62. The van der Waals surface area contributed by atoms with E-state index in [-0.39, 0.29) is 5.91 Å². The monoisotopic (exact) mass is 437 g/mol. The number of carbonyl (C=O) groups excluding carboxylic acids is 1. The standard InChI is InChI=1S/C22H36ClN5O2/c1-5-24-22(26-15-20(16(2)3)28-11-13-30-14-12-28)25-10-9-21(29)27-19-8-6-7-18(23)17(19)4/h6-8,16,20H,5,9-15H2,1-4H3,(H,27,29)(H2,24,25,26). The maximum atomic E-state index is 12.3. The summed E-state index contributed by atoms with van der Waals surface area (Å²) in [4.78, 5) is 19.5. The van der Waals surface area contributed by atoms with Crippen molar-refractivity contribution in [1.29, 1.82) is 0 Å². The first-order valence-electron chi connectivity index (χ1n) is 10.8. The van der Waals surface area contributed by atoms with Gasteiger partial charge in [0, 0.05) is 49.4 Å². The van der Waals surface area contributed by atoms with Crippen molar-refractivity contribution in [3.63, 3.8) is 0 Å². The van der Waals surface area contributed by atoms with Crippen LogP contribution in [0.1, 0.15) is 32.8 Å². The number of hydrogen-bond donors (Lipinski definition) is 3. The van der Waals surface area contributed by atoms with Crippen LogP contribution in [0.2, 0.25) is 5.02 Å². The number of hydrogen-bond acceptors (Lipinski definition) is 4. The van der Waals surface area contributed by atoms with E-state index in [1.54, 1.807) is 0 Å². The van der Waals surface area contributed by atoms with Gasteiger partial charge >= 0.3 is 0 Å². The van der Waals surface area contributed by atoms with E-state index in [0.717, 1.165) is 50.1 Å². The van der Waals surface area contributed by atoms with E-state index >= 15 is 0 Å². The van der Waals surface area contributed by atoms with Gasteiger partial charge in [-0.05, 0) is 37.5 Å². The zero-order valence-electron chi connectivity index (χ0n) is 18.6. The van der Waals surface area contributed by atoms with Gasteiger partial charge in [-0.25, -0.2) is 0 Å². The number of halogens is 1. The quantitative estimate of drug-likeness (QED) is 0.409. The lowest BCUT2D eigenvalue weighted by atomic mass is 10.0. The molecule has 1 aliphatic heterocycles. The second kappa shape index (κ2) is 12.8. The third-order valence-corrected chi connectivity index (χ3v) is 5.66. The largest absolute Gasteiger partial charge is 0.379 e. The molecule has 2 rings (SSSR count). The van der Waals surface area contributed by atoms with Gasteiger partial charge in [-0.2, -0.15) is 0 Å². The number of aliphatic imine (C=N–C) groups is 1. The van der Waals surface area contributed by atoms with Crippen LogP contribution in [0.25, 0.3) is 0 Å². The molecular formula is C22H36ClN5O2. The van der Waals surface area contributed by atoms with Crippen LogP contribution >= 0.6 is 11.6 Å². The summed E-state index contributed by atoms with van der Waals surface area (Å²) in [5, 5.41) is 10.1. The van der Waals surface area contributed by atoms with E-state index in [4.69, 9.17) is 21.3 Å². The molecule has 1 amide bonds. The molecule has 168 valence electrons. The topological polar surface area (TPSA) is 78.0 Å². The Balaban J connectivity index is 1.86. The molecule has 0 spiro atoms. The van der Waals surface area contributed by atoms with Gasteiger partial charge in [-0.15, -0.1) is 0 Å². The van der Waals surface area contributed by atoms with Crippen LogP contribution in [0.15, 0.2) is 23.2 Å². The fourth-order valence-electron chi connectivity index (χ4n) is 3.43. The Kier molecular flexibility index (Phi) is 10.4. The number of amides is 1. The molecule has 0 saturated carbocycles. The molecule has 1 heterocycles. The average Bonchev–Trinajstić information content (AvgIpc) is 2.72. The maximum absolute atomic E-state index is 12.3. The summed E-state index contributed by atoms with van der Waals surface area (Å²) in [6.07, 6.45) is 0.341. The van der Waals surface area contributed by atoms with Gasteiger partial charge in [0.1, 0.15) is 0 Å². The first-order valence-corrected chi connectivity index (χ1v) is 11.2. The van der Waals surface area contributed by atoms with Crippen LogP contribution in [0.3, 0.4) is 0 Å². The predicted molar refractivity (Wildman–Crippen MR) is 124 cm³/mol. The van der Waals surface area contributed by atoms with Gasteiger partial charge in [0.05, 0.1) is 19.8 Å². The molecule has 0 radical (unpaired) electrons. The highest BCUT2D eigenvalue weighted by Crippen LogP contribution is 2.22. The van der Waals surface area contributed by atoms with E-state index in [9.17, 15) is 4.79 Å². The number of nitrogens with one attached hydrogen (secondary N) is 3. The summed E-state index contributed by atoms with van der Waals surface area (Å²) in [7, 11) is 0. The Bertz CT molecular complexity index is 705. The van der Waals surface area contributed by atoms with E-state index in [0.29, 0.717) is 36.5 Å². The highest BCUT2D eigenvalue weighted by Gasteiger charge is 2.23. The minimum Gasteiger partial charge on any atom is -0.379 e. The van der Waals surface area contributed by atoms with Crippen molar-refractivity contribution in [2.24, 2.45) is 10.9 Å². The number of ether oxygens (including phenoxy) is 1. The number of benzene rings is 1. The first-order chi connectivity index (χ1) is 14.4. The Morgan fingerprint density at radius 3 is 2.67 bits per heavy atom. The van der Waals surface area contributed by atoms with Crippen molar-refractivity contribution >= 4 is 29.2 Å². The fraction of sp³-hybridized carbons (Fsp3) is 0.636. The molecule has 7 nitrogen and oxygen atoms in total. The lowest BCUT2D eigenvalue weighted by Crippen LogP contribution is -2.48. The van der Waals surface area contributed by atoms with Crippen molar-refractivity contribution in [1.82, 2.24) is 15.5 Å². The molecule has 1 saturated heterocycles. The number of rotatable bonds is 9. The molecule has 8 heteroatoms. The molecule has 0 aliphatic carbocycles. The lowest BCUT2D eigenvalue weighted by Gasteiger charge is -2.36. The van der Waals surface area contributed by atoms with Crippen LogP contribution in [0.4, 0.5) is 5.69 Å². The lowest BCUT2D eigenvalue weighted by molar-refractivity contribution is -0.116. The Morgan fingerprint density at radius 1 is 1.27 bits per heavy atom. The van der Waals surface area contributed by atoms with Crippen LogP contribution in [-0.2, 0) is 9.53 Å². The van der Waals surface area contributed by atoms with E-state index in [1.165, 1.54) is 0 Å². The van der Waals surface area contributed by atoms with Gasteiger partial charge in [0.25, 0.3) is 0 Å². The number of anilines is 1. The Labute approximate surface area is 185 Å². The predicted octanol–water partition coefficient (Wildman–Crippen LogP) is 2.89. The van der Waals surface area contributed by atoms with Gasteiger partial charge in [0.2, 0.25) is 5.91 Å². The van der Waals surface area contributed by atoms with Crippen LogP contribution < -0.4 is 16.0 Å².